The number of rotatable bonds is 8. The lowest BCUT2D eigenvalue weighted by Gasteiger charge is -2.11. The minimum absolute atomic E-state index is 0.00134. The number of imide groups is 1. The Morgan fingerprint density at radius 1 is 1.00 bits per heavy atom. The molecule has 5 rings (SSSR count). The van der Waals surface area contributed by atoms with Gasteiger partial charge in [0, 0.05) is 17.1 Å². The predicted octanol–water partition coefficient (Wildman–Crippen LogP) is 5.15. The molecule has 39 heavy (non-hydrogen) atoms. The van der Waals surface area contributed by atoms with Crippen LogP contribution in [0.15, 0.2) is 82.9 Å². The van der Waals surface area contributed by atoms with Gasteiger partial charge in [0.2, 0.25) is 5.76 Å². The van der Waals surface area contributed by atoms with Crippen LogP contribution in [0.2, 0.25) is 0 Å². The number of benzene rings is 2. The van der Waals surface area contributed by atoms with Gasteiger partial charge in [-0.3, -0.25) is 9.69 Å². The smallest absolute Gasteiger partial charge is 0.373 e. The molecule has 1 aliphatic rings. The second-order valence-corrected chi connectivity index (χ2v) is 9.07. The predicted molar refractivity (Wildman–Crippen MR) is 143 cm³/mol. The van der Waals surface area contributed by atoms with Crippen LogP contribution in [0, 0.1) is 13.8 Å². The number of hydrogen-bond donors (Lipinski definition) is 1. The summed E-state index contributed by atoms with van der Waals surface area (Å²) >= 11 is 0. The quantitative estimate of drug-likeness (QED) is 0.194. The zero-order chi connectivity index (χ0) is 27.5. The number of ether oxygens (including phenoxy) is 2. The third-order valence-corrected chi connectivity index (χ3v) is 6.44. The molecular weight excluding hydrogens is 498 g/mol. The summed E-state index contributed by atoms with van der Waals surface area (Å²) in [6.07, 6.45) is 1.67. The van der Waals surface area contributed by atoms with Crippen LogP contribution in [-0.2, 0) is 22.7 Å². The third kappa shape index (κ3) is 5.33. The standard InChI is InChI=1S/C30H27N3O6/c1-19-15-22(16-26-28(34)32(30(36)31-26)17-25-13-14-27(39-25)29(35)37-3)20(2)33(19)23-9-11-24(12-10-23)38-18-21-7-5-4-6-8-21/h4-16H,17-18H2,1-3H3,(H,31,36)/b26-16-. The number of amides is 3. The number of hydrogen-bond acceptors (Lipinski definition) is 6. The van der Waals surface area contributed by atoms with E-state index in [1.54, 1.807) is 6.08 Å². The zero-order valence-corrected chi connectivity index (χ0v) is 21.8. The van der Waals surface area contributed by atoms with Crippen LogP contribution in [-0.4, -0.2) is 34.5 Å². The summed E-state index contributed by atoms with van der Waals surface area (Å²) in [5, 5.41) is 2.63. The molecule has 2 aromatic carbocycles. The molecule has 3 amide bonds. The molecule has 198 valence electrons. The van der Waals surface area contributed by atoms with E-state index in [4.69, 9.17) is 9.15 Å². The molecule has 0 spiro atoms. The summed E-state index contributed by atoms with van der Waals surface area (Å²) < 4.78 is 18.0. The van der Waals surface area contributed by atoms with Crippen molar-refractivity contribution in [1.82, 2.24) is 14.8 Å². The molecule has 0 aliphatic carbocycles. The van der Waals surface area contributed by atoms with E-state index in [1.165, 1.54) is 19.2 Å². The molecule has 0 saturated carbocycles. The fraction of sp³-hybridized carbons (Fsp3) is 0.167. The maximum Gasteiger partial charge on any atom is 0.373 e. The van der Waals surface area contributed by atoms with Crippen molar-refractivity contribution >= 4 is 24.0 Å². The van der Waals surface area contributed by atoms with E-state index in [0.29, 0.717) is 6.61 Å². The number of carbonyl (C=O) groups excluding carboxylic acids is 3. The van der Waals surface area contributed by atoms with Crippen molar-refractivity contribution in [3.8, 4) is 11.4 Å². The summed E-state index contributed by atoms with van der Waals surface area (Å²) in [6, 6.07) is 22.1. The molecule has 9 heteroatoms. The highest BCUT2D eigenvalue weighted by molar-refractivity contribution is 6.14. The number of furan rings is 1. The molecule has 0 atom stereocenters. The first-order chi connectivity index (χ1) is 18.8. The second kappa shape index (κ2) is 10.7. The Balaban J connectivity index is 1.30. The summed E-state index contributed by atoms with van der Waals surface area (Å²) in [4.78, 5) is 38.2. The first-order valence-corrected chi connectivity index (χ1v) is 12.3. The van der Waals surface area contributed by atoms with Crippen molar-refractivity contribution in [2.24, 2.45) is 0 Å². The molecule has 1 N–H and O–H groups in total. The number of nitrogens with zero attached hydrogens (tertiary/aromatic N) is 2. The molecule has 0 bridgehead atoms. The lowest BCUT2D eigenvalue weighted by Crippen LogP contribution is -2.30. The van der Waals surface area contributed by atoms with Gasteiger partial charge in [-0.15, -0.1) is 0 Å². The van der Waals surface area contributed by atoms with E-state index in [0.717, 1.165) is 38.9 Å². The van der Waals surface area contributed by atoms with Gasteiger partial charge < -0.3 is 23.8 Å². The van der Waals surface area contributed by atoms with Gasteiger partial charge in [-0.05, 0) is 73.5 Å². The number of aryl methyl sites for hydroxylation is 1. The van der Waals surface area contributed by atoms with E-state index < -0.39 is 17.9 Å². The number of aromatic nitrogens is 1. The van der Waals surface area contributed by atoms with Crippen molar-refractivity contribution < 1.29 is 28.3 Å². The lowest BCUT2D eigenvalue weighted by atomic mass is 10.2. The first kappa shape index (κ1) is 25.6. The van der Waals surface area contributed by atoms with E-state index in [9.17, 15) is 14.4 Å². The van der Waals surface area contributed by atoms with Gasteiger partial charge in [-0.25, -0.2) is 9.59 Å². The average molecular weight is 526 g/mol. The Hall–Kier alpha value is -5.05. The molecule has 0 radical (unpaired) electrons. The minimum atomic E-state index is -0.635. The second-order valence-electron chi connectivity index (χ2n) is 9.07. The van der Waals surface area contributed by atoms with E-state index in [1.807, 2.05) is 74.5 Å². The van der Waals surface area contributed by atoms with Crippen molar-refractivity contribution in [2.45, 2.75) is 27.0 Å². The van der Waals surface area contributed by atoms with Crippen molar-refractivity contribution in [3.63, 3.8) is 0 Å². The van der Waals surface area contributed by atoms with Crippen molar-refractivity contribution in [3.05, 3.63) is 113 Å². The molecule has 0 unspecified atom stereocenters. The van der Waals surface area contributed by atoms with Gasteiger partial charge >= 0.3 is 12.0 Å². The molecule has 1 saturated heterocycles. The van der Waals surface area contributed by atoms with Gasteiger partial charge in [0.05, 0.1) is 13.7 Å². The highest BCUT2D eigenvalue weighted by Crippen LogP contribution is 2.26. The first-order valence-electron chi connectivity index (χ1n) is 12.3. The van der Waals surface area contributed by atoms with Crippen LogP contribution in [0.1, 0.15) is 38.8 Å². The SMILES string of the molecule is COC(=O)c1ccc(CN2C(=O)N/C(=C\c3cc(C)n(-c4ccc(OCc5ccccc5)cc4)c3C)C2=O)o1. The highest BCUT2D eigenvalue weighted by atomic mass is 16.5. The van der Waals surface area contributed by atoms with E-state index in [2.05, 4.69) is 14.6 Å². The van der Waals surface area contributed by atoms with Crippen molar-refractivity contribution in [1.29, 1.82) is 0 Å². The summed E-state index contributed by atoms with van der Waals surface area (Å²) in [5.41, 5.74) is 4.88. The summed E-state index contributed by atoms with van der Waals surface area (Å²) in [7, 11) is 1.24. The van der Waals surface area contributed by atoms with Crippen LogP contribution >= 0.6 is 0 Å². The van der Waals surface area contributed by atoms with Gasteiger partial charge in [-0.1, -0.05) is 30.3 Å². The van der Waals surface area contributed by atoms with Crippen LogP contribution in [0.4, 0.5) is 4.79 Å². The van der Waals surface area contributed by atoms with Crippen LogP contribution in [0.5, 0.6) is 5.75 Å². The summed E-state index contributed by atoms with van der Waals surface area (Å²) in [5.74, 6) is -0.0698. The molecule has 2 aromatic heterocycles. The molecule has 3 heterocycles. The minimum Gasteiger partial charge on any atom is -0.489 e. The van der Waals surface area contributed by atoms with Crippen LogP contribution < -0.4 is 10.1 Å². The van der Waals surface area contributed by atoms with Crippen LogP contribution in [0.25, 0.3) is 11.8 Å². The zero-order valence-electron chi connectivity index (χ0n) is 21.8. The molecular formula is C30H27N3O6. The average Bonchev–Trinajstić information content (AvgIpc) is 3.61. The molecule has 9 nitrogen and oxygen atoms in total. The normalized spacial score (nSPS) is 14.1. The Labute approximate surface area is 225 Å². The number of nitrogens with one attached hydrogen (secondary N) is 1. The Morgan fingerprint density at radius 2 is 1.74 bits per heavy atom. The van der Waals surface area contributed by atoms with Gasteiger partial charge in [0.15, 0.2) is 0 Å². The molecule has 1 fully saturated rings. The topological polar surface area (TPSA) is 103 Å². The molecule has 1 aliphatic heterocycles. The third-order valence-electron chi connectivity index (χ3n) is 6.44. The number of methoxy groups -OCH3 is 1. The van der Waals surface area contributed by atoms with Crippen molar-refractivity contribution in [2.75, 3.05) is 7.11 Å². The largest absolute Gasteiger partial charge is 0.489 e. The summed E-state index contributed by atoms with van der Waals surface area (Å²) in [6.45, 7) is 4.31. The monoisotopic (exact) mass is 525 g/mol. The number of urea groups is 1. The number of esters is 1. The Kier molecular flexibility index (Phi) is 7.05. The van der Waals surface area contributed by atoms with Gasteiger partial charge in [0.1, 0.15) is 23.8 Å². The fourth-order valence-electron chi connectivity index (χ4n) is 4.46. The molecule has 4 aromatic rings. The van der Waals surface area contributed by atoms with E-state index >= 15 is 0 Å². The maximum absolute atomic E-state index is 13.0. The lowest BCUT2D eigenvalue weighted by molar-refractivity contribution is -0.123. The fourth-order valence-corrected chi connectivity index (χ4v) is 4.46. The number of carbonyl (C=O) groups is 3. The van der Waals surface area contributed by atoms with E-state index in [-0.39, 0.29) is 23.8 Å². The maximum atomic E-state index is 13.0. The van der Waals surface area contributed by atoms with Gasteiger partial charge in [-0.2, -0.15) is 0 Å². The van der Waals surface area contributed by atoms with Gasteiger partial charge in [0.25, 0.3) is 5.91 Å². The Morgan fingerprint density at radius 3 is 2.46 bits per heavy atom. The Bertz CT molecular complexity index is 1560. The van der Waals surface area contributed by atoms with Crippen LogP contribution in [0.3, 0.4) is 0 Å². The highest BCUT2D eigenvalue weighted by Gasteiger charge is 2.34.